The molecule has 1 aromatic carbocycles. The van der Waals surface area contributed by atoms with Gasteiger partial charge in [-0.3, -0.25) is 9.59 Å². The van der Waals surface area contributed by atoms with Gasteiger partial charge < -0.3 is 14.8 Å². The summed E-state index contributed by atoms with van der Waals surface area (Å²) < 4.78 is 10.00. The molecule has 0 unspecified atom stereocenters. The van der Waals surface area contributed by atoms with Crippen LogP contribution in [0.2, 0.25) is 0 Å². The quantitative estimate of drug-likeness (QED) is 0.642. The second-order valence-corrected chi connectivity index (χ2v) is 3.83. The summed E-state index contributed by atoms with van der Waals surface area (Å²) in [5.41, 5.74) is 1.30. The Morgan fingerprint density at radius 1 is 1.53 bits per heavy atom. The van der Waals surface area contributed by atoms with Crippen LogP contribution in [0, 0.1) is 11.8 Å². The lowest BCUT2D eigenvalue weighted by Crippen LogP contribution is -2.25. The Labute approximate surface area is 110 Å². The van der Waals surface area contributed by atoms with Crippen LogP contribution in [0.4, 0.5) is 5.69 Å². The molecule has 1 amide bonds. The van der Waals surface area contributed by atoms with Crippen molar-refractivity contribution in [3.63, 3.8) is 0 Å². The van der Waals surface area contributed by atoms with Crippen LogP contribution in [0.15, 0.2) is 18.2 Å². The molecular formula is C14H13NO4. The number of ether oxygens (including phenoxy) is 2. The van der Waals surface area contributed by atoms with Crippen molar-refractivity contribution in [2.75, 3.05) is 18.5 Å². The van der Waals surface area contributed by atoms with Gasteiger partial charge in [0.25, 0.3) is 5.91 Å². The summed E-state index contributed by atoms with van der Waals surface area (Å²) in [7, 11) is 0. The molecule has 98 valence electrons. The number of esters is 1. The molecule has 0 radical (unpaired) electrons. The predicted octanol–water partition coefficient (Wildman–Crippen LogP) is 1.32. The number of carbonyl (C=O) groups is 2. The minimum Gasteiger partial charge on any atom is -0.482 e. The number of benzene rings is 1. The average molecular weight is 259 g/mol. The van der Waals surface area contributed by atoms with Gasteiger partial charge in [-0.15, -0.1) is 0 Å². The monoisotopic (exact) mass is 259 g/mol. The maximum Gasteiger partial charge on any atom is 0.317 e. The highest BCUT2D eigenvalue weighted by Gasteiger charge is 2.15. The van der Waals surface area contributed by atoms with Gasteiger partial charge in [0, 0.05) is 5.56 Å². The van der Waals surface area contributed by atoms with Crippen molar-refractivity contribution in [3.8, 4) is 17.6 Å². The van der Waals surface area contributed by atoms with E-state index in [2.05, 4.69) is 17.2 Å². The Kier molecular flexibility index (Phi) is 4.04. The highest BCUT2D eigenvalue weighted by Crippen LogP contribution is 2.27. The van der Waals surface area contributed by atoms with E-state index in [1.54, 1.807) is 25.1 Å². The van der Waals surface area contributed by atoms with Crippen molar-refractivity contribution in [1.29, 1.82) is 0 Å². The molecule has 1 aliphatic rings. The van der Waals surface area contributed by atoms with Crippen LogP contribution in [0.1, 0.15) is 18.9 Å². The van der Waals surface area contributed by atoms with Crippen molar-refractivity contribution in [2.24, 2.45) is 0 Å². The Bertz CT molecular complexity index is 569. The third-order valence-corrected chi connectivity index (χ3v) is 2.38. The van der Waals surface area contributed by atoms with E-state index >= 15 is 0 Å². The summed E-state index contributed by atoms with van der Waals surface area (Å²) in [5.74, 6) is 5.65. The molecule has 2 rings (SSSR count). The van der Waals surface area contributed by atoms with Gasteiger partial charge in [-0.05, 0) is 25.1 Å². The smallest absolute Gasteiger partial charge is 0.317 e. The maximum absolute atomic E-state index is 11.2. The van der Waals surface area contributed by atoms with Crippen molar-refractivity contribution in [1.82, 2.24) is 0 Å². The first-order valence-electron chi connectivity index (χ1n) is 5.90. The van der Waals surface area contributed by atoms with Crippen molar-refractivity contribution in [2.45, 2.75) is 13.3 Å². The number of fused-ring (bicyclic) bond motifs is 1. The third-order valence-electron chi connectivity index (χ3n) is 2.38. The number of amides is 1. The summed E-state index contributed by atoms with van der Waals surface area (Å²) in [4.78, 5) is 22.3. The van der Waals surface area contributed by atoms with Gasteiger partial charge in [-0.25, -0.2) is 0 Å². The first kappa shape index (κ1) is 13.0. The van der Waals surface area contributed by atoms with Crippen molar-refractivity contribution < 1.29 is 19.1 Å². The van der Waals surface area contributed by atoms with Crippen LogP contribution < -0.4 is 10.1 Å². The Morgan fingerprint density at radius 3 is 3.16 bits per heavy atom. The number of carbonyl (C=O) groups excluding carboxylic acids is 2. The number of anilines is 1. The van der Waals surface area contributed by atoms with Gasteiger partial charge in [0.1, 0.15) is 12.2 Å². The van der Waals surface area contributed by atoms with E-state index in [9.17, 15) is 9.59 Å². The molecule has 1 aromatic rings. The van der Waals surface area contributed by atoms with E-state index in [0.717, 1.165) is 0 Å². The third kappa shape index (κ3) is 3.49. The molecule has 0 spiro atoms. The van der Waals surface area contributed by atoms with Gasteiger partial charge in [0.2, 0.25) is 0 Å². The fourth-order valence-corrected chi connectivity index (χ4v) is 1.59. The minimum atomic E-state index is -0.343. The van der Waals surface area contributed by atoms with Crippen LogP contribution >= 0.6 is 0 Å². The van der Waals surface area contributed by atoms with Crippen LogP contribution in [0.3, 0.4) is 0 Å². The second kappa shape index (κ2) is 5.91. The van der Waals surface area contributed by atoms with Crippen LogP contribution in [0.25, 0.3) is 0 Å². The van der Waals surface area contributed by atoms with Gasteiger partial charge in [0.05, 0.1) is 12.3 Å². The largest absolute Gasteiger partial charge is 0.482 e. The van der Waals surface area contributed by atoms with Gasteiger partial charge in [0.15, 0.2) is 6.61 Å². The first-order chi connectivity index (χ1) is 9.19. The number of hydrogen-bond acceptors (Lipinski definition) is 4. The zero-order valence-electron chi connectivity index (χ0n) is 10.5. The molecule has 0 saturated heterocycles. The molecule has 0 bridgehead atoms. The molecule has 1 heterocycles. The van der Waals surface area contributed by atoms with E-state index in [-0.39, 0.29) is 24.9 Å². The zero-order valence-corrected chi connectivity index (χ0v) is 10.5. The molecular weight excluding hydrogens is 246 g/mol. The Morgan fingerprint density at radius 2 is 2.37 bits per heavy atom. The van der Waals surface area contributed by atoms with E-state index in [4.69, 9.17) is 9.47 Å². The van der Waals surface area contributed by atoms with Crippen LogP contribution in [-0.4, -0.2) is 25.1 Å². The fraction of sp³-hybridized carbons (Fsp3) is 0.286. The minimum absolute atomic E-state index is 0.0287. The lowest BCUT2D eigenvalue weighted by Gasteiger charge is -2.17. The molecule has 0 fully saturated rings. The van der Waals surface area contributed by atoms with Crippen molar-refractivity contribution in [3.05, 3.63) is 23.8 Å². The molecule has 1 aliphatic heterocycles. The number of nitrogens with one attached hydrogen (secondary N) is 1. The van der Waals surface area contributed by atoms with E-state index in [1.807, 2.05) is 0 Å². The summed E-state index contributed by atoms with van der Waals surface area (Å²) >= 11 is 0. The number of hydrogen-bond donors (Lipinski definition) is 1. The Balaban J connectivity index is 2.06. The van der Waals surface area contributed by atoms with E-state index in [0.29, 0.717) is 23.6 Å². The molecule has 5 heteroatoms. The van der Waals surface area contributed by atoms with E-state index < -0.39 is 0 Å². The predicted molar refractivity (Wildman–Crippen MR) is 68.7 cm³/mol. The first-order valence-corrected chi connectivity index (χ1v) is 5.90. The molecule has 0 saturated carbocycles. The molecule has 0 aromatic heterocycles. The van der Waals surface area contributed by atoms with E-state index in [1.165, 1.54) is 0 Å². The molecule has 0 aliphatic carbocycles. The molecule has 5 nitrogen and oxygen atoms in total. The van der Waals surface area contributed by atoms with Gasteiger partial charge in [-0.1, -0.05) is 11.8 Å². The lowest BCUT2D eigenvalue weighted by atomic mass is 10.1. The SMILES string of the molecule is CCOC(=O)CC#Cc1ccc2c(c1)NC(=O)CO2. The summed E-state index contributed by atoms with van der Waals surface area (Å²) in [5, 5.41) is 2.70. The molecule has 19 heavy (non-hydrogen) atoms. The van der Waals surface area contributed by atoms with Crippen molar-refractivity contribution >= 4 is 17.6 Å². The topological polar surface area (TPSA) is 64.6 Å². The standard InChI is InChI=1S/C14H13NO4/c1-2-18-14(17)5-3-4-10-6-7-12-11(8-10)15-13(16)9-19-12/h6-8H,2,5,9H2,1H3,(H,15,16). The van der Waals surface area contributed by atoms with Gasteiger partial charge in [-0.2, -0.15) is 0 Å². The fourth-order valence-electron chi connectivity index (χ4n) is 1.59. The average Bonchev–Trinajstić information content (AvgIpc) is 2.38. The molecule has 1 N–H and O–H groups in total. The summed E-state index contributed by atoms with van der Waals surface area (Å²) in [6.45, 7) is 2.13. The summed E-state index contributed by atoms with van der Waals surface area (Å²) in [6.07, 6.45) is 0.0494. The number of rotatable bonds is 2. The maximum atomic E-state index is 11.2. The van der Waals surface area contributed by atoms with Crippen LogP contribution in [0.5, 0.6) is 5.75 Å². The molecule has 0 atom stereocenters. The van der Waals surface area contributed by atoms with Crippen LogP contribution in [-0.2, 0) is 14.3 Å². The summed E-state index contributed by atoms with van der Waals surface area (Å²) in [6, 6.07) is 5.22. The second-order valence-electron chi connectivity index (χ2n) is 3.83. The highest BCUT2D eigenvalue weighted by molar-refractivity contribution is 5.95. The zero-order chi connectivity index (χ0) is 13.7. The lowest BCUT2D eigenvalue weighted by molar-refractivity contribution is -0.141. The Hall–Kier alpha value is -2.48. The van der Waals surface area contributed by atoms with Gasteiger partial charge >= 0.3 is 5.97 Å². The normalized spacial score (nSPS) is 12.4. The highest BCUT2D eigenvalue weighted by atomic mass is 16.5.